The van der Waals surface area contributed by atoms with E-state index in [2.05, 4.69) is 14.7 Å². The normalized spacial score (nSPS) is 10.2. The molecule has 0 atom stereocenters. The molecule has 17 heavy (non-hydrogen) atoms. The van der Waals surface area contributed by atoms with Gasteiger partial charge in [-0.05, 0) is 13.0 Å². The van der Waals surface area contributed by atoms with Gasteiger partial charge in [0, 0.05) is 17.1 Å². The largest absolute Gasteiger partial charge is 0.465 e. The zero-order chi connectivity index (χ0) is 12.4. The number of nitrogen functional groups attached to an aromatic ring is 1. The average Bonchev–Trinajstić information content (AvgIpc) is 2.75. The molecule has 0 saturated heterocycles. The molecule has 0 aliphatic rings. The fourth-order valence-electron chi connectivity index (χ4n) is 1.38. The lowest BCUT2D eigenvalue weighted by Gasteiger charge is -2.04. The Bertz CT molecular complexity index is 566. The number of carbonyl (C=O) groups is 1. The number of nitrogens with two attached hydrogens (primary N) is 1. The Labute approximate surface area is 102 Å². The summed E-state index contributed by atoms with van der Waals surface area (Å²) < 4.78 is 4.64. The van der Waals surface area contributed by atoms with Crippen LogP contribution < -0.4 is 5.73 Å². The summed E-state index contributed by atoms with van der Waals surface area (Å²) in [5.41, 5.74) is 7.42. The molecule has 0 aliphatic carbocycles. The van der Waals surface area contributed by atoms with E-state index in [0.717, 1.165) is 16.3 Å². The smallest absolute Gasteiger partial charge is 0.341 e. The summed E-state index contributed by atoms with van der Waals surface area (Å²) in [6.45, 7) is 1.92. The van der Waals surface area contributed by atoms with Crippen molar-refractivity contribution in [3.8, 4) is 11.3 Å². The van der Waals surface area contributed by atoms with Crippen molar-refractivity contribution in [1.29, 1.82) is 0 Å². The second-order valence-corrected chi connectivity index (χ2v) is 4.46. The van der Waals surface area contributed by atoms with Gasteiger partial charge in [0.1, 0.15) is 11.4 Å². The molecule has 2 heterocycles. The van der Waals surface area contributed by atoms with Crippen LogP contribution in [0, 0.1) is 6.92 Å². The summed E-state index contributed by atoms with van der Waals surface area (Å²) in [6, 6.07) is 1.64. The zero-order valence-corrected chi connectivity index (χ0v) is 10.2. The number of nitrogens with zero attached hydrogens (tertiary/aromatic N) is 2. The standard InChI is InChI=1S/C11H11N3O2S/c1-6-14-9(5-17-6)7-3-8(11(15)16-2)10(12)13-4-7/h3-5H,1-2H3,(H2,12,13). The summed E-state index contributed by atoms with van der Waals surface area (Å²) in [5.74, 6) is -0.337. The fraction of sp³-hybridized carbons (Fsp3) is 0.182. The maximum atomic E-state index is 11.5. The topological polar surface area (TPSA) is 78.1 Å². The lowest BCUT2D eigenvalue weighted by atomic mass is 10.1. The van der Waals surface area contributed by atoms with Crippen molar-refractivity contribution in [3.63, 3.8) is 0 Å². The Morgan fingerprint density at radius 2 is 2.29 bits per heavy atom. The molecule has 0 amide bonds. The van der Waals surface area contributed by atoms with Crippen LogP contribution in [0.3, 0.4) is 0 Å². The minimum absolute atomic E-state index is 0.160. The fourth-order valence-corrected chi connectivity index (χ4v) is 2.01. The summed E-state index contributed by atoms with van der Waals surface area (Å²) in [6.07, 6.45) is 1.59. The third-order valence-electron chi connectivity index (χ3n) is 2.24. The monoisotopic (exact) mass is 249 g/mol. The lowest BCUT2D eigenvalue weighted by molar-refractivity contribution is 0.0601. The SMILES string of the molecule is COC(=O)c1cc(-c2csc(C)n2)cnc1N. The molecule has 0 aromatic carbocycles. The molecule has 2 aromatic rings. The van der Waals surface area contributed by atoms with E-state index in [-0.39, 0.29) is 11.4 Å². The van der Waals surface area contributed by atoms with Crippen molar-refractivity contribution < 1.29 is 9.53 Å². The van der Waals surface area contributed by atoms with Crippen LogP contribution in [0.25, 0.3) is 11.3 Å². The number of aromatic nitrogens is 2. The number of carbonyl (C=O) groups excluding carboxylic acids is 1. The molecule has 6 heteroatoms. The number of hydrogen-bond donors (Lipinski definition) is 1. The number of hydrogen-bond acceptors (Lipinski definition) is 6. The van der Waals surface area contributed by atoms with Crippen molar-refractivity contribution >= 4 is 23.1 Å². The molecule has 0 aliphatic heterocycles. The zero-order valence-electron chi connectivity index (χ0n) is 9.43. The molecule has 2 N–H and O–H groups in total. The van der Waals surface area contributed by atoms with Crippen LogP contribution in [0.1, 0.15) is 15.4 Å². The Kier molecular flexibility index (Phi) is 3.06. The highest BCUT2D eigenvalue weighted by atomic mass is 32.1. The van der Waals surface area contributed by atoms with E-state index in [0.29, 0.717) is 0 Å². The van der Waals surface area contributed by atoms with E-state index in [1.807, 2.05) is 12.3 Å². The van der Waals surface area contributed by atoms with Crippen LogP contribution in [-0.4, -0.2) is 23.0 Å². The van der Waals surface area contributed by atoms with Gasteiger partial charge in [0.2, 0.25) is 0 Å². The van der Waals surface area contributed by atoms with Crippen molar-refractivity contribution in [2.24, 2.45) is 0 Å². The van der Waals surface area contributed by atoms with E-state index >= 15 is 0 Å². The highest BCUT2D eigenvalue weighted by molar-refractivity contribution is 7.09. The quantitative estimate of drug-likeness (QED) is 0.822. The van der Waals surface area contributed by atoms with Crippen LogP contribution in [0.4, 0.5) is 5.82 Å². The first-order valence-electron chi connectivity index (χ1n) is 4.88. The molecular weight excluding hydrogens is 238 g/mol. The van der Waals surface area contributed by atoms with Gasteiger partial charge in [-0.25, -0.2) is 14.8 Å². The van der Waals surface area contributed by atoms with Gasteiger partial charge in [-0.3, -0.25) is 0 Å². The molecule has 0 radical (unpaired) electrons. The van der Waals surface area contributed by atoms with E-state index in [9.17, 15) is 4.79 Å². The van der Waals surface area contributed by atoms with Crippen LogP contribution in [0.15, 0.2) is 17.6 Å². The number of pyridine rings is 1. The molecule has 2 aromatic heterocycles. The molecule has 0 bridgehead atoms. The van der Waals surface area contributed by atoms with Crippen LogP contribution >= 0.6 is 11.3 Å². The molecule has 0 fully saturated rings. The summed E-state index contributed by atoms with van der Waals surface area (Å²) in [7, 11) is 1.31. The van der Waals surface area contributed by atoms with E-state index < -0.39 is 5.97 Å². The molecule has 5 nitrogen and oxygen atoms in total. The molecule has 0 unspecified atom stereocenters. The average molecular weight is 249 g/mol. The minimum Gasteiger partial charge on any atom is -0.465 e. The number of aryl methyl sites for hydroxylation is 1. The van der Waals surface area contributed by atoms with Gasteiger partial charge < -0.3 is 10.5 Å². The highest BCUT2D eigenvalue weighted by Crippen LogP contribution is 2.23. The summed E-state index contributed by atoms with van der Waals surface area (Å²) in [4.78, 5) is 19.8. The molecular formula is C11H11N3O2S. The molecule has 2 rings (SSSR count). The Hall–Kier alpha value is -1.95. The van der Waals surface area contributed by atoms with Crippen molar-refractivity contribution in [3.05, 3.63) is 28.2 Å². The van der Waals surface area contributed by atoms with Gasteiger partial charge in [-0.15, -0.1) is 11.3 Å². The Morgan fingerprint density at radius 3 is 2.88 bits per heavy atom. The number of ether oxygens (including phenoxy) is 1. The van der Waals surface area contributed by atoms with Gasteiger partial charge in [-0.1, -0.05) is 0 Å². The number of esters is 1. The number of methoxy groups -OCH3 is 1. The number of thiazole rings is 1. The van der Waals surface area contributed by atoms with Gasteiger partial charge in [0.25, 0.3) is 0 Å². The van der Waals surface area contributed by atoms with E-state index in [4.69, 9.17) is 5.73 Å². The first-order chi connectivity index (χ1) is 8.11. The highest BCUT2D eigenvalue weighted by Gasteiger charge is 2.13. The maximum Gasteiger partial charge on any atom is 0.341 e. The predicted octanol–water partition coefficient (Wildman–Crippen LogP) is 1.88. The second kappa shape index (κ2) is 4.50. The van der Waals surface area contributed by atoms with Gasteiger partial charge in [-0.2, -0.15) is 0 Å². The van der Waals surface area contributed by atoms with Crippen molar-refractivity contribution in [2.75, 3.05) is 12.8 Å². The second-order valence-electron chi connectivity index (χ2n) is 3.40. The first-order valence-corrected chi connectivity index (χ1v) is 5.76. The van der Waals surface area contributed by atoms with Gasteiger partial charge in [0.15, 0.2) is 0 Å². The third-order valence-corrected chi connectivity index (χ3v) is 3.01. The molecule has 88 valence electrons. The van der Waals surface area contributed by atoms with Gasteiger partial charge >= 0.3 is 5.97 Å². The number of anilines is 1. The van der Waals surface area contributed by atoms with E-state index in [1.165, 1.54) is 18.4 Å². The summed E-state index contributed by atoms with van der Waals surface area (Å²) >= 11 is 1.54. The van der Waals surface area contributed by atoms with Gasteiger partial charge in [0.05, 0.1) is 17.8 Å². The van der Waals surface area contributed by atoms with Crippen molar-refractivity contribution in [1.82, 2.24) is 9.97 Å². The predicted molar refractivity (Wildman–Crippen MR) is 65.8 cm³/mol. The third kappa shape index (κ3) is 2.26. The maximum absolute atomic E-state index is 11.5. The molecule has 0 saturated carbocycles. The summed E-state index contributed by atoms with van der Waals surface area (Å²) in [5, 5.41) is 2.86. The van der Waals surface area contributed by atoms with Crippen LogP contribution in [-0.2, 0) is 4.74 Å². The van der Waals surface area contributed by atoms with E-state index in [1.54, 1.807) is 12.3 Å². The Balaban J connectivity index is 2.47. The van der Waals surface area contributed by atoms with Crippen LogP contribution in [0.5, 0.6) is 0 Å². The van der Waals surface area contributed by atoms with Crippen LogP contribution in [0.2, 0.25) is 0 Å². The Morgan fingerprint density at radius 1 is 1.53 bits per heavy atom. The lowest BCUT2D eigenvalue weighted by Crippen LogP contribution is -2.07. The van der Waals surface area contributed by atoms with Crippen molar-refractivity contribution in [2.45, 2.75) is 6.92 Å². The minimum atomic E-state index is -0.496. The number of rotatable bonds is 2. The molecule has 0 spiro atoms. The first kappa shape index (κ1) is 11.5.